The number of halogens is 1. The van der Waals surface area contributed by atoms with Crippen LogP contribution in [0.1, 0.15) is 43.8 Å². The van der Waals surface area contributed by atoms with Gasteiger partial charge in [-0.3, -0.25) is 4.79 Å². The number of pyridine rings is 1. The Balaban J connectivity index is 1.55. The average molecular weight is 366 g/mol. The first kappa shape index (κ1) is 17.2. The fourth-order valence-corrected chi connectivity index (χ4v) is 3.76. The fraction of sp³-hybridized carbons (Fsp3) is 0.500. The lowest BCUT2D eigenvalue weighted by Crippen LogP contribution is -2.15. The predicted molar refractivity (Wildman–Crippen MR) is 95.4 cm³/mol. The van der Waals surface area contributed by atoms with Crippen LogP contribution in [-0.4, -0.2) is 31.4 Å². The highest BCUT2D eigenvalue weighted by molar-refractivity contribution is 7.99. The molecule has 0 radical (unpaired) electrons. The van der Waals surface area contributed by atoms with Gasteiger partial charge in [-0.15, -0.1) is 10.2 Å². The molecule has 1 fully saturated rings. The first-order valence-corrected chi connectivity index (χ1v) is 9.43. The number of anilines is 1. The molecule has 1 aliphatic rings. The van der Waals surface area contributed by atoms with E-state index in [1.165, 1.54) is 50.1 Å². The summed E-state index contributed by atoms with van der Waals surface area (Å²) in [6, 6.07) is 3.37. The van der Waals surface area contributed by atoms with Crippen molar-refractivity contribution < 1.29 is 4.79 Å². The third kappa shape index (κ3) is 4.27. The van der Waals surface area contributed by atoms with E-state index in [1.807, 2.05) is 11.6 Å². The zero-order chi connectivity index (χ0) is 16.9. The molecular weight excluding hydrogens is 346 g/mol. The van der Waals surface area contributed by atoms with Crippen molar-refractivity contribution >= 4 is 35.1 Å². The molecule has 1 aliphatic carbocycles. The van der Waals surface area contributed by atoms with Crippen molar-refractivity contribution in [1.29, 1.82) is 0 Å². The molecule has 8 heteroatoms. The van der Waals surface area contributed by atoms with E-state index in [9.17, 15) is 4.79 Å². The van der Waals surface area contributed by atoms with Gasteiger partial charge >= 0.3 is 0 Å². The molecule has 128 valence electrons. The molecule has 2 aromatic heterocycles. The molecule has 1 amide bonds. The van der Waals surface area contributed by atoms with Crippen molar-refractivity contribution in [2.24, 2.45) is 7.05 Å². The number of hydrogen-bond acceptors (Lipinski definition) is 5. The van der Waals surface area contributed by atoms with Crippen LogP contribution in [0.4, 0.5) is 5.82 Å². The van der Waals surface area contributed by atoms with Gasteiger partial charge in [0.25, 0.3) is 0 Å². The molecule has 0 bridgehead atoms. The lowest BCUT2D eigenvalue weighted by molar-refractivity contribution is -0.113. The third-order valence-corrected chi connectivity index (χ3v) is 5.41. The molecule has 0 aliphatic heterocycles. The monoisotopic (exact) mass is 365 g/mol. The Morgan fingerprint density at radius 2 is 2.12 bits per heavy atom. The molecule has 6 nitrogen and oxygen atoms in total. The van der Waals surface area contributed by atoms with E-state index in [0.717, 1.165) is 11.0 Å². The normalized spacial score (nSPS) is 15.4. The maximum absolute atomic E-state index is 12.0. The highest BCUT2D eigenvalue weighted by Crippen LogP contribution is 2.32. The van der Waals surface area contributed by atoms with Gasteiger partial charge < -0.3 is 9.88 Å². The average Bonchev–Trinajstić information content (AvgIpc) is 2.97. The molecule has 24 heavy (non-hydrogen) atoms. The molecule has 0 spiro atoms. The van der Waals surface area contributed by atoms with Crippen LogP contribution in [0, 0.1) is 0 Å². The van der Waals surface area contributed by atoms with E-state index in [2.05, 4.69) is 20.5 Å². The molecule has 0 aromatic carbocycles. The smallest absolute Gasteiger partial charge is 0.236 e. The number of nitrogens with one attached hydrogen (secondary N) is 1. The van der Waals surface area contributed by atoms with Crippen molar-refractivity contribution in [2.45, 2.75) is 43.2 Å². The van der Waals surface area contributed by atoms with Crippen molar-refractivity contribution in [2.75, 3.05) is 11.1 Å². The van der Waals surface area contributed by atoms with Gasteiger partial charge in [0.1, 0.15) is 11.6 Å². The Kier molecular flexibility index (Phi) is 5.73. The van der Waals surface area contributed by atoms with Crippen LogP contribution in [0.2, 0.25) is 5.02 Å². The summed E-state index contributed by atoms with van der Waals surface area (Å²) in [6.07, 6.45) is 7.70. The summed E-state index contributed by atoms with van der Waals surface area (Å²) in [5, 5.41) is 12.6. The number of thioether (sulfide) groups is 1. The van der Waals surface area contributed by atoms with Gasteiger partial charge in [0.05, 0.1) is 10.8 Å². The Hall–Kier alpha value is -1.60. The Bertz CT molecular complexity index is 697. The van der Waals surface area contributed by atoms with E-state index in [1.54, 1.807) is 12.1 Å². The lowest BCUT2D eigenvalue weighted by atomic mass is 9.89. The van der Waals surface area contributed by atoms with Crippen molar-refractivity contribution in [1.82, 2.24) is 19.7 Å². The fourth-order valence-electron chi connectivity index (χ4n) is 2.93. The lowest BCUT2D eigenvalue weighted by Gasteiger charge is -2.20. The third-order valence-electron chi connectivity index (χ3n) is 4.17. The quantitative estimate of drug-likeness (QED) is 0.819. The van der Waals surface area contributed by atoms with Crippen LogP contribution in [-0.2, 0) is 11.8 Å². The summed E-state index contributed by atoms with van der Waals surface area (Å²) in [5.41, 5.74) is 0. The maximum atomic E-state index is 12.0. The minimum absolute atomic E-state index is 0.128. The summed E-state index contributed by atoms with van der Waals surface area (Å²) >= 11 is 7.16. The van der Waals surface area contributed by atoms with Crippen LogP contribution in [0.25, 0.3) is 0 Å². The maximum Gasteiger partial charge on any atom is 0.236 e. The molecule has 0 atom stereocenters. The van der Waals surface area contributed by atoms with Gasteiger partial charge in [0.15, 0.2) is 5.16 Å². The van der Waals surface area contributed by atoms with E-state index >= 15 is 0 Å². The summed E-state index contributed by atoms with van der Waals surface area (Å²) < 4.78 is 2.02. The molecule has 2 heterocycles. The van der Waals surface area contributed by atoms with Crippen molar-refractivity contribution in [3.8, 4) is 0 Å². The number of nitrogens with zero attached hydrogens (tertiary/aromatic N) is 4. The van der Waals surface area contributed by atoms with E-state index in [-0.39, 0.29) is 11.7 Å². The first-order chi connectivity index (χ1) is 11.6. The van der Waals surface area contributed by atoms with Crippen molar-refractivity contribution in [3.63, 3.8) is 0 Å². The zero-order valence-electron chi connectivity index (χ0n) is 13.5. The van der Waals surface area contributed by atoms with E-state index < -0.39 is 0 Å². The second kappa shape index (κ2) is 7.98. The minimum atomic E-state index is -0.128. The topological polar surface area (TPSA) is 72.7 Å². The number of hydrogen-bond donors (Lipinski definition) is 1. The largest absolute Gasteiger partial charge is 0.310 e. The summed E-state index contributed by atoms with van der Waals surface area (Å²) in [5.74, 6) is 2.17. The second-order valence-electron chi connectivity index (χ2n) is 5.93. The molecule has 3 rings (SSSR count). The minimum Gasteiger partial charge on any atom is -0.310 e. The molecular formula is C16H20ClN5OS. The van der Waals surface area contributed by atoms with Gasteiger partial charge in [-0.2, -0.15) is 0 Å². The Morgan fingerprint density at radius 3 is 2.83 bits per heavy atom. The molecule has 1 N–H and O–H groups in total. The molecule has 0 saturated heterocycles. The van der Waals surface area contributed by atoms with Gasteiger partial charge in [0, 0.05) is 19.2 Å². The van der Waals surface area contributed by atoms with Crippen LogP contribution in [0.3, 0.4) is 0 Å². The highest BCUT2D eigenvalue weighted by atomic mass is 35.5. The number of rotatable bonds is 5. The molecule has 1 saturated carbocycles. The van der Waals surface area contributed by atoms with Gasteiger partial charge in [0.2, 0.25) is 5.91 Å². The van der Waals surface area contributed by atoms with E-state index in [0.29, 0.717) is 16.8 Å². The van der Waals surface area contributed by atoms with Crippen LogP contribution in [0.5, 0.6) is 0 Å². The first-order valence-electron chi connectivity index (χ1n) is 8.07. The summed E-state index contributed by atoms with van der Waals surface area (Å²) in [7, 11) is 1.98. The molecule has 0 unspecified atom stereocenters. The van der Waals surface area contributed by atoms with Crippen molar-refractivity contribution in [3.05, 3.63) is 29.2 Å². The Labute approximate surface area is 150 Å². The van der Waals surface area contributed by atoms with Gasteiger partial charge in [-0.1, -0.05) is 42.6 Å². The molecule has 2 aromatic rings. The number of carbonyl (C=O) groups excluding carboxylic acids is 1. The predicted octanol–water partition coefficient (Wildman–Crippen LogP) is 3.64. The second-order valence-corrected chi connectivity index (χ2v) is 7.31. The summed E-state index contributed by atoms with van der Waals surface area (Å²) in [6.45, 7) is 0. The van der Waals surface area contributed by atoms with Crippen LogP contribution in [0.15, 0.2) is 23.5 Å². The summed E-state index contributed by atoms with van der Waals surface area (Å²) in [4.78, 5) is 16.1. The highest BCUT2D eigenvalue weighted by Gasteiger charge is 2.22. The SMILES string of the molecule is Cn1c(SCC(=O)Nc2ccc(Cl)cn2)nnc1C1CCCCC1. The number of carbonyl (C=O) groups is 1. The zero-order valence-corrected chi connectivity index (χ0v) is 15.1. The van der Waals surface area contributed by atoms with Crippen LogP contribution < -0.4 is 5.32 Å². The number of aromatic nitrogens is 4. The number of amides is 1. The van der Waals surface area contributed by atoms with Gasteiger partial charge in [-0.25, -0.2) is 4.98 Å². The van der Waals surface area contributed by atoms with E-state index in [4.69, 9.17) is 11.6 Å². The Morgan fingerprint density at radius 1 is 1.33 bits per heavy atom. The van der Waals surface area contributed by atoms with Crippen LogP contribution >= 0.6 is 23.4 Å². The standard InChI is InChI=1S/C16H20ClN5OS/c1-22-15(11-5-3-2-4-6-11)20-21-16(22)24-10-14(23)19-13-8-7-12(17)9-18-13/h7-9,11H,2-6,10H2,1H3,(H,18,19,23). The van der Waals surface area contributed by atoms with Gasteiger partial charge in [-0.05, 0) is 25.0 Å².